The van der Waals surface area contributed by atoms with Crippen molar-refractivity contribution in [1.29, 1.82) is 0 Å². The molecule has 2 aliphatic rings. The lowest BCUT2D eigenvalue weighted by Crippen LogP contribution is -2.29. The van der Waals surface area contributed by atoms with Gasteiger partial charge in [-0.3, -0.25) is 0 Å². The maximum absolute atomic E-state index is 13.5. The molecule has 0 amide bonds. The molecule has 1 N–H and O–H groups in total. The fraction of sp³-hybridized carbons (Fsp3) is 0.222. The normalized spacial score (nSPS) is 26.1. The lowest BCUT2D eigenvalue weighted by Gasteiger charge is -2.37. The fourth-order valence-electron chi connectivity index (χ4n) is 3.60. The third-order valence-electron chi connectivity index (χ3n) is 4.53. The van der Waals surface area contributed by atoms with Crippen molar-refractivity contribution >= 4 is 5.69 Å². The van der Waals surface area contributed by atoms with Crippen molar-refractivity contribution in [2.24, 2.45) is 5.92 Å². The summed E-state index contributed by atoms with van der Waals surface area (Å²) in [6, 6.07) is 11.6. The van der Waals surface area contributed by atoms with Gasteiger partial charge in [0, 0.05) is 11.6 Å². The van der Waals surface area contributed by atoms with Gasteiger partial charge in [0.05, 0.1) is 6.04 Å². The summed E-state index contributed by atoms with van der Waals surface area (Å²) in [6.45, 7) is 0. The van der Waals surface area contributed by atoms with Gasteiger partial charge in [-0.1, -0.05) is 24.3 Å². The molecule has 2 aromatic rings. The Kier molecular flexibility index (Phi) is 2.81. The zero-order valence-corrected chi connectivity index (χ0v) is 11.4. The van der Waals surface area contributed by atoms with Crippen LogP contribution in [0.2, 0.25) is 0 Å². The summed E-state index contributed by atoms with van der Waals surface area (Å²) in [5.41, 5.74) is 2.89. The number of nitrogens with one attached hydrogen (secondary N) is 1. The SMILES string of the molecule is Fc1cccc(C2Nc3ccc(F)cc3C3C=CCC32)c1. The molecular weight excluding hydrogens is 268 g/mol. The van der Waals surface area contributed by atoms with Crippen LogP contribution in [0.3, 0.4) is 0 Å². The quantitative estimate of drug-likeness (QED) is 0.742. The molecule has 0 saturated heterocycles. The third-order valence-corrected chi connectivity index (χ3v) is 4.53. The summed E-state index contributed by atoms with van der Waals surface area (Å²) in [5, 5.41) is 3.47. The van der Waals surface area contributed by atoms with Crippen LogP contribution in [0, 0.1) is 17.6 Å². The molecule has 0 aromatic heterocycles. The number of hydrogen-bond donors (Lipinski definition) is 1. The highest BCUT2D eigenvalue weighted by molar-refractivity contribution is 5.59. The lowest BCUT2D eigenvalue weighted by molar-refractivity contribution is 0.422. The van der Waals surface area contributed by atoms with Gasteiger partial charge >= 0.3 is 0 Å². The van der Waals surface area contributed by atoms with Gasteiger partial charge in [-0.15, -0.1) is 0 Å². The summed E-state index contributed by atoms with van der Waals surface area (Å²) in [6.07, 6.45) is 5.22. The second-order valence-corrected chi connectivity index (χ2v) is 5.76. The number of halogens is 2. The third kappa shape index (κ3) is 2.04. The van der Waals surface area contributed by atoms with Gasteiger partial charge in [0.15, 0.2) is 0 Å². The van der Waals surface area contributed by atoms with E-state index in [1.807, 2.05) is 6.07 Å². The van der Waals surface area contributed by atoms with Crippen molar-refractivity contribution in [3.63, 3.8) is 0 Å². The molecule has 4 rings (SSSR count). The number of allylic oxidation sites excluding steroid dienone is 2. The molecule has 0 spiro atoms. The van der Waals surface area contributed by atoms with Crippen LogP contribution in [0.15, 0.2) is 54.6 Å². The zero-order chi connectivity index (χ0) is 14.4. The number of fused-ring (bicyclic) bond motifs is 3. The largest absolute Gasteiger partial charge is 0.378 e. The minimum absolute atomic E-state index is 0.0543. The van der Waals surface area contributed by atoms with Gasteiger partial charge in [0.2, 0.25) is 0 Å². The first-order valence-corrected chi connectivity index (χ1v) is 7.20. The van der Waals surface area contributed by atoms with E-state index in [0.29, 0.717) is 5.92 Å². The van der Waals surface area contributed by atoms with Crippen LogP contribution in [0.4, 0.5) is 14.5 Å². The molecule has 2 aromatic carbocycles. The van der Waals surface area contributed by atoms with E-state index in [4.69, 9.17) is 0 Å². The summed E-state index contributed by atoms with van der Waals surface area (Å²) in [5.74, 6) is 0.0758. The Bertz CT molecular complexity index is 723. The van der Waals surface area contributed by atoms with E-state index < -0.39 is 0 Å². The Balaban J connectivity index is 1.80. The Morgan fingerprint density at radius 2 is 1.86 bits per heavy atom. The molecule has 21 heavy (non-hydrogen) atoms. The van der Waals surface area contributed by atoms with E-state index in [2.05, 4.69) is 17.5 Å². The fourth-order valence-corrected chi connectivity index (χ4v) is 3.60. The van der Waals surface area contributed by atoms with Crippen molar-refractivity contribution in [2.45, 2.75) is 18.4 Å². The Hall–Kier alpha value is -2.16. The highest BCUT2D eigenvalue weighted by Gasteiger charge is 2.38. The summed E-state index contributed by atoms with van der Waals surface area (Å²) in [4.78, 5) is 0. The highest BCUT2D eigenvalue weighted by atomic mass is 19.1. The predicted octanol–water partition coefficient (Wildman–Crippen LogP) is 4.79. The van der Waals surface area contributed by atoms with E-state index in [-0.39, 0.29) is 23.6 Å². The zero-order valence-electron chi connectivity index (χ0n) is 11.4. The summed E-state index contributed by atoms with van der Waals surface area (Å²) in [7, 11) is 0. The molecule has 3 heteroatoms. The molecule has 1 nitrogen and oxygen atoms in total. The molecule has 0 saturated carbocycles. The molecular formula is C18H15F2N. The summed E-state index contributed by atoms with van der Waals surface area (Å²) >= 11 is 0. The van der Waals surface area contributed by atoms with E-state index in [1.54, 1.807) is 24.3 Å². The molecule has 0 radical (unpaired) electrons. The minimum Gasteiger partial charge on any atom is -0.378 e. The van der Waals surface area contributed by atoms with Gasteiger partial charge in [0.25, 0.3) is 0 Å². The number of rotatable bonds is 1. The number of anilines is 1. The predicted molar refractivity (Wildman–Crippen MR) is 79.2 cm³/mol. The average molecular weight is 283 g/mol. The number of hydrogen-bond acceptors (Lipinski definition) is 1. The molecule has 106 valence electrons. The molecule has 3 atom stereocenters. The summed E-state index contributed by atoms with van der Waals surface area (Å²) < 4.78 is 27.0. The van der Waals surface area contributed by atoms with Gasteiger partial charge < -0.3 is 5.32 Å². The maximum Gasteiger partial charge on any atom is 0.123 e. The van der Waals surface area contributed by atoms with Crippen LogP contribution < -0.4 is 5.32 Å². The topological polar surface area (TPSA) is 12.0 Å². The highest BCUT2D eigenvalue weighted by Crippen LogP contribution is 2.49. The molecule has 0 bridgehead atoms. The molecule has 1 heterocycles. The van der Waals surface area contributed by atoms with Gasteiger partial charge in [-0.2, -0.15) is 0 Å². The van der Waals surface area contributed by atoms with Crippen LogP contribution in [-0.2, 0) is 0 Å². The first kappa shape index (κ1) is 12.6. The molecule has 1 aliphatic carbocycles. The Morgan fingerprint density at radius 1 is 1.00 bits per heavy atom. The minimum atomic E-state index is -0.221. The number of benzene rings is 2. The van der Waals surface area contributed by atoms with Crippen LogP contribution in [0.5, 0.6) is 0 Å². The van der Waals surface area contributed by atoms with E-state index in [9.17, 15) is 8.78 Å². The lowest BCUT2D eigenvalue weighted by atomic mass is 9.77. The smallest absolute Gasteiger partial charge is 0.123 e. The van der Waals surface area contributed by atoms with Crippen LogP contribution in [0.25, 0.3) is 0 Å². The first-order chi connectivity index (χ1) is 10.2. The van der Waals surface area contributed by atoms with Crippen LogP contribution in [0.1, 0.15) is 29.5 Å². The Morgan fingerprint density at radius 3 is 2.71 bits per heavy atom. The van der Waals surface area contributed by atoms with Crippen LogP contribution >= 0.6 is 0 Å². The standard InChI is InChI=1S/C18H15F2N/c19-12-4-1-3-11(9-12)18-15-6-2-5-14(15)16-10-13(20)7-8-17(16)21-18/h1-5,7-10,14-15,18,21H,6H2. The van der Waals surface area contributed by atoms with Crippen LogP contribution in [-0.4, -0.2) is 0 Å². The van der Waals surface area contributed by atoms with E-state index in [1.165, 1.54) is 12.1 Å². The maximum atomic E-state index is 13.5. The van der Waals surface area contributed by atoms with Crippen molar-refractivity contribution < 1.29 is 8.78 Å². The monoisotopic (exact) mass is 283 g/mol. The van der Waals surface area contributed by atoms with Crippen molar-refractivity contribution in [2.75, 3.05) is 5.32 Å². The average Bonchev–Trinajstić information content (AvgIpc) is 2.96. The van der Waals surface area contributed by atoms with Gasteiger partial charge in [-0.25, -0.2) is 8.78 Å². The first-order valence-electron chi connectivity index (χ1n) is 7.20. The van der Waals surface area contributed by atoms with Crippen molar-refractivity contribution in [3.8, 4) is 0 Å². The second kappa shape index (κ2) is 4.69. The van der Waals surface area contributed by atoms with E-state index in [0.717, 1.165) is 23.2 Å². The van der Waals surface area contributed by atoms with Crippen molar-refractivity contribution in [1.82, 2.24) is 0 Å². The van der Waals surface area contributed by atoms with E-state index >= 15 is 0 Å². The molecule has 0 fully saturated rings. The van der Waals surface area contributed by atoms with Gasteiger partial charge in [0.1, 0.15) is 11.6 Å². The van der Waals surface area contributed by atoms with Crippen molar-refractivity contribution in [3.05, 3.63) is 77.4 Å². The second-order valence-electron chi connectivity index (χ2n) is 5.76. The Labute approximate surface area is 122 Å². The molecule has 1 aliphatic heterocycles. The molecule has 3 unspecified atom stereocenters. The van der Waals surface area contributed by atoms with Gasteiger partial charge in [-0.05, 0) is 53.8 Å².